The number of hydrazone groups is 1. The summed E-state index contributed by atoms with van der Waals surface area (Å²) in [6.45, 7) is 1.52. The molecule has 2 aromatic carbocycles. The highest BCUT2D eigenvalue weighted by atomic mass is 79.9. The molecule has 3 amide bonds. The van der Waals surface area contributed by atoms with Crippen LogP contribution >= 0.6 is 15.9 Å². The maximum absolute atomic E-state index is 12.0. The van der Waals surface area contributed by atoms with Gasteiger partial charge in [-0.1, -0.05) is 15.9 Å². The van der Waals surface area contributed by atoms with Crippen molar-refractivity contribution in [3.05, 3.63) is 52.0 Å². The Hall–Kier alpha value is -3.40. The predicted molar refractivity (Wildman–Crippen MR) is 111 cm³/mol. The van der Waals surface area contributed by atoms with Crippen LogP contribution in [0.15, 0.2) is 46.0 Å². The summed E-state index contributed by atoms with van der Waals surface area (Å²) in [5.74, 6) is -1.70. The fourth-order valence-electron chi connectivity index (χ4n) is 2.20. The van der Waals surface area contributed by atoms with E-state index in [-0.39, 0.29) is 6.61 Å². The first-order chi connectivity index (χ1) is 13.8. The second-order valence-electron chi connectivity index (χ2n) is 5.78. The average Bonchev–Trinajstić information content (AvgIpc) is 2.68. The first-order valence-electron chi connectivity index (χ1n) is 8.30. The number of amides is 3. The van der Waals surface area contributed by atoms with Crippen molar-refractivity contribution in [2.75, 3.05) is 19.0 Å². The summed E-state index contributed by atoms with van der Waals surface area (Å²) in [6, 6.07) is 10.0. The highest BCUT2D eigenvalue weighted by Crippen LogP contribution is 2.27. The van der Waals surface area contributed by atoms with Gasteiger partial charge in [-0.05, 0) is 54.4 Å². The van der Waals surface area contributed by atoms with E-state index in [0.717, 1.165) is 10.0 Å². The molecule has 0 aliphatic carbocycles. The lowest BCUT2D eigenvalue weighted by Gasteiger charge is -2.09. The number of hydrogen-bond acceptors (Lipinski definition) is 6. The molecule has 0 heterocycles. The third-order valence-corrected chi connectivity index (χ3v) is 4.07. The van der Waals surface area contributed by atoms with Crippen LogP contribution in [0.3, 0.4) is 0 Å². The fourth-order valence-corrected chi connectivity index (χ4v) is 2.67. The smallest absolute Gasteiger partial charge is 0.329 e. The molecule has 0 spiro atoms. The maximum Gasteiger partial charge on any atom is 0.329 e. The monoisotopic (exact) mass is 462 g/mol. The van der Waals surface area contributed by atoms with Gasteiger partial charge in [0.15, 0.2) is 18.1 Å². The average molecular weight is 463 g/mol. The van der Waals surface area contributed by atoms with E-state index in [0.29, 0.717) is 22.7 Å². The Balaban J connectivity index is 1.96. The van der Waals surface area contributed by atoms with Crippen LogP contribution < -0.4 is 25.9 Å². The van der Waals surface area contributed by atoms with Gasteiger partial charge < -0.3 is 20.5 Å². The largest absolute Gasteiger partial charge is 0.493 e. The number of rotatable bonds is 7. The molecular formula is C19H19BrN4O5. The SMILES string of the molecule is COc1cc(/C=N/NC(=O)C(=O)Nc2ccc(Br)cc2C)ccc1OCC(N)=O. The summed E-state index contributed by atoms with van der Waals surface area (Å²) >= 11 is 3.33. The summed E-state index contributed by atoms with van der Waals surface area (Å²) < 4.78 is 11.3. The molecule has 0 aliphatic heterocycles. The predicted octanol–water partition coefficient (Wildman–Crippen LogP) is 1.72. The molecule has 0 fully saturated rings. The minimum absolute atomic E-state index is 0.285. The second-order valence-corrected chi connectivity index (χ2v) is 6.69. The summed E-state index contributed by atoms with van der Waals surface area (Å²) in [5, 5.41) is 6.27. The lowest BCUT2D eigenvalue weighted by molar-refractivity contribution is -0.136. The molecule has 4 N–H and O–H groups in total. The van der Waals surface area contributed by atoms with E-state index < -0.39 is 17.7 Å². The summed E-state index contributed by atoms with van der Waals surface area (Å²) in [5.41, 5.74) is 9.08. The highest BCUT2D eigenvalue weighted by Gasteiger charge is 2.14. The van der Waals surface area contributed by atoms with Crippen LogP contribution in [0.5, 0.6) is 11.5 Å². The van der Waals surface area contributed by atoms with Crippen molar-refractivity contribution < 1.29 is 23.9 Å². The molecule has 0 saturated carbocycles. The number of benzene rings is 2. The number of primary amides is 1. The van der Waals surface area contributed by atoms with Gasteiger partial charge in [0, 0.05) is 10.2 Å². The van der Waals surface area contributed by atoms with Gasteiger partial charge in [0.2, 0.25) is 0 Å². The molecule has 9 nitrogen and oxygen atoms in total. The molecule has 10 heteroatoms. The number of methoxy groups -OCH3 is 1. The molecule has 0 bridgehead atoms. The fraction of sp³-hybridized carbons (Fsp3) is 0.158. The number of ether oxygens (including phenoxy) is 2. The molecule has 152 valence electrons. The molecule has 0 aliphatic rings. The first-order valence-corrected chi connectivity index (χ1v) is 9.09. The summed E-state index contributed by atoms with van der Waals surface area (Å²) in [4.78, 5) is 34.7. The Labute approximate surface area is 175 Å². The van der Waals surface area contributed by atoms with E-state index >= 15 is 0 Å². The van der Waals surface area contributed by atoms with Crippen molar-refractivity contribution in [1.82, 2.24) is 5.43 Å². The van der Waals surface area contributed by atoms with Crippen molar-refractivity contribution in [2.24, 2.45) is 10.8 Å². The normalized spacial score (nSPS) is 10.4. The highest BCUT2D eigenvalue weighted by molar-refractivity contribution is 9.10. The molecule has 0 unspecified atom stereocenters. The van der Waals surface area contributed by atoms with E-state index in [9.17, 15) is 14.4 Å². The van der Waals surface area contributed by atoms with E-state index in [4.69, 9.17) is 15.2 Å². The van der Waals surface area contributed by atoms with E-state index in [2.05, 4.69) is 31.8 Å². The van der Waals surface area contributed by atoms with E-state index in [1.165, 1.54) is 13.3 Å². The Bertz CT molecular complexity index is 962. The van der Waals surface area contributed by atoms with Crippen LogP contribution in [0.4, 0.5) is 5.69 Å². The number of nitrogens with two attached hydrogens (primary N) is 1. The van der Waals surface area contributed by atoms with Crippen molar-refractivity contribution in [2.45, 2.75) is 6.92 Å². The van der Waals surface area contributed by atoms with Gasteiger partial charge in [-0.25, -0.2) is 5.43 Å². The molecule has 0 radical (unpaired) electrons. The Morgan fingerprint density at radius 1 is 1.14 bits per heavy atom. The number of aryl methyl sites for hydroxylation is 1. The quantitative estimate of drug-likeness (QED) is 0.327. The molecule has 0 aromatic heterocycles. The summed E-state index contributed by atoms with van der Waals surface area (Å²) in [6.07, 6.45) is 1.33. The molecule has 2 aromatic rings. The van der Waals surface area contributed by atoms with Crippen molar-refractivity contribution in [1.29, 1.82) is 0 Å². The molecule has 29 heavy (non-hydrogen) atoms. The van der Waals surface area contributed by atoms with Gasteiger partial charge in [-0.3, -0.25) is 14.4 Å². The standard InChI is InChI=1S/C19H19BrN4O5/c1-11-7-13(20)4-5-14(11)23-18(26)19(27)24-22-9-12-3-6-15(16(8-12)28-2)29-10-17(21)25/h3-9H,10H2,1-2H3,(H2,21,25)(H,23,26)(H,24,27)/b22-9+. The summed E-state index contributed by atoms with van der Waals surface area (Å²) in [7, 11) is 1.43. The first kappa shape index (κ1) is 21.9. The van der Waals surface area contributed by atoms with Gasteiger partial charge in [0.05, 0.1) is 13.3 Å². The van der Waals surface area contributed by atoms with E-state index in [1.807, 2.05) is 6.07 Å². The zero-order chi connectivity index (χ0) is 21.4. The van der Waals surface area contributed by atoms with Crippen LogP contribution in [0.25, 0.3) is 0 Å². The van der Waals surface area contributed by atoms with Gasteiger partial charge in [0.25, 0.3) is 5.91 Å². The van der Waals surface area contributed by atoms with Crippen LogP contribution in [0.2, 0.25) is 0 Å². The second kappa shape index (κ2) is 10.2. The third kappa shape index (κ3) is 6.61. The number of hydrogen-bond donors (Lipinski definition) is 3. The lowest BCUT2D eigenvalue weighted by Crippen LogP contribution is -2.32. The Morgan fingerprint density at radius 3 is 2.55 bits per heavy atom. The van der Waals surface area contributed by atoms with Crippen molar-refractivity contribution in [3.8, 4) is 11.5 Å². The maximum atomic E-state index is 12.0. The van der Waals surface area contributed by atoms with Crippen LogP contribution in [-0.4, -0.2) is 37.7 Å². The number of anilines is 1. The van der Waals surface area contributed by atoms with E-state index in [1.54, 1.807) is 37.3 Å². The minimum atomic E-state index is -0.919. The Kier molecular flexibility index (Phi) is 7.72. The molecule has 0 atom stereocenters. The zero-order valence-electron chi connectivity index (χ0n) is 15.7. The van der Waals surface area contributed by atoms with Gasteiger partial charge >= 0.3 is 11.8 Å². The van der Waals surface area contributed by atoms with Crippen molar-refractivity contribution in [3.63, 3.8) is 0 Å². The van der Waals surface area contributed by atoms with Crippen LogP contribution in [0.1, 0.15) is 11.1 Å². The third-order valence-electron chi connectivity index (χ3n) is 3.58. The minimum Gasteiger partial charge on any atom is -0.493 e. The van der Waals surface area contributed by atoms with Gasteiger partial charge in [0.1, 0.15) is 0 Å². The molecule has 0 saturated heterocycles. The number of nitrogens with zero attached hydrogens (tertiary/aromatic N) is 1. The van der Waals surface area contributed by atoms with Gasteiger partial charge in [-0.2, -0.15) is 5.10 Å². The Morgan fingerprint density at radius 2 is 1.90 bits per heavy atom. The van der Waals surface area contributed by atoms with Gasteiger partial charge in [-0.15, -0.1) is 0 Å². The van der Waals surface area contributed by atoms with Crippen molar-refractivity contribution >= 4 is 45.6 Å². The van der Waals surface area contributed by atoms with Crippen LogP contribution in [-0.2, 0) is 14.4 Å². The topological polar surface area (TPSA) is 132 Å². The number of carbonyl (C=O) groups is 3. The lowest BCUT2D eigenvalue weighted by atomic mass is 10.2. The zero-order valence-corrected chi connectivity index (χ0v) is 17.3. The van der Waals surface area contributed by atoms with Crippen LogP contribution in [0, 0.1) is 6.92 Å². The molecule has 2 rings (SSSR count). The number of nitrogens with one attached hydrogen (secondary N) is 2. The number of carbonyl (C=O) groups excluding carboxylic acids is 3. The molecular weight excluding hydrogens is 444 g/mol. The number of halogens is 1.